The topological polar surface area (TPSA) is 59.0 Å². The molecule has 5 heteroatoms. The fourth-order valence-corrected chi connectivity index (χ4v) is 3.83. The highest BCUT2D eigenvalue weighted by molar-refractivity contribution is 5.90. The van der Waals surface area contributed by atoms with Gasteiger partial charge in [-0.05, 0) is 60.4 Å². The third-order valence-corrected chi connectivity index (χ3v) is 5.62. The molecule has 0 saturated heterocycles. The number of pyridine rings is 1. The van der Waals surface area contributed by atoms with Crippen LogP contribution in [-0.4, -0.2) is 22.1 Å². The van der Waals surface area contributed by atoms with E-state index in [9.17, 15) is 4.79 Å². The molecule has 2 aromatic heterocycles. The summed E-state index contributed by atoms with van der Waals surface area (Å²) in [6.07, 6.45) is 5.78. The third-order valence-electron chi connectivity index (χ3n) is 5.62. The highest BCUT2D eigenvalue weighted by Gasteiger charge is 2.20. The summed E-state index contributed by atoms with van der Waals surface area (Å²) in [6.45, 7) is 4.57. The zero-order chi connectivity index (χ0) is 21.1. The van der Waals surface area contributed by atoms with Crippen molar-refractivity contribution in [3.63, 3.8) is 0 Å². The molecule has 0 bridgehead atoms. The Bertz CT molecular complexity index is 1180. The number of aryl methyl sites for hydroxylation is 3. The van der Waals surface area contributed by atoms with E-state index < -0.39 is 0 Å². The van der Waals surface area contributed by atoms with E-state index in [2.05, 4.69) is 51.5 Å². The Morgan fingerprint density at radius 2 is 1.90 bits per heavy atom. The second-order valence-corrected chi connectivity index (χ2v) is 7.69. The van der Waals surface area contributed by atoms with E-state index in [-0.39, 0.29) is 11.9 Å². The van der Waals surface area contributed by atoms with Gasteiger partial charge in [0.05, 0.1) is 0 Å². The number of carbonyl (C=O) groups excluding carboxylic acids is 1. The summed E-state index contributed by atoms with van der Waals surface area (Å²) in [6, 6.07) is 18.0. The second-order valence-electron chi connectivity index (χ2n) is 7.69. The molecule has 0 radical (unpaired) electrons. The Balaban J connectivity index is 1.58. The van der Waals surface area contributed by atoms with Crippen LogP contribution in [0, 0.1) is 13.8 Å². The molecular weight excluding hydrogens is 372 g/mol. The van der Waals surface area contributed by atoms with E-state index in [0.29, 0.717) is 6.54 Å². The van der Waals surface area contributed by atoms with Crippen LogP contribution in [0.25, 0.3) is 10.9 Å². The highest BCUT2D eigenvalue weighted by atomic mass is 16.2. The van der Waals surface area contributed by atoms with Crippen LogP contribution in [0.5, 0.6) is 0 Å². The van der Waals surface area contributed by atoms with Gasteiger partial charge in [-0.1, -0.05) is 30.3 Å². The first-order chi connectivity index (χ1) is 14.5. The number of urea groups is 1. The van der Waals surface area contributed by atoms with Crippen molar-refractivity contribution in [1.29, 1.82) is 0 Å². The molecule has 0 aliphatic heterocycles. The predicted octanol–water partition coefficient (Wildman–Crippen LogP) is 5.14. The van der Waals surface area contributed by atoms with E-state index in [1.54, 1.807) is 6.20 Å². The zero-order valence-corrected chi connectivity index (χ0v) is 17.5. The van der Waals surface area contributed by atoms with Gasteiger partial charge in [-0.2, -0.15) is 0 Å². The van der Waals surface area contributed by atoms with Crippen LogP contribution in [0.2, 0.25) is 0 Å². The minimum Gasteiger partial charge on any atom is -0.350 e. The number of benzene rings is 2. The van der Waals surface area contributed by atoms with Gasteiger partial charge in [0.15, 0.2) is 0 Å². The Kier molecular flexibility index (Phi) is 5.53. The average molecular weight is 399 g/mol. The smallest absolute Gasteiger partial charge is 0.319 e. The summed E-state index contributed by atoms with van der Waals surface area (Å²) in [5.41, 5.74) is 6.55. The van der Waals surface area contributed by atoms with Crippen LogP contribution >= 0.6 is 0 Å². The lowest BCUT2D eigenvalue weighted by Gasteiger charge is -2.18. The number of anilines is 1. The van der Waals surface area contributed by atoms with Gasteiger partial charge in [0.25, 0.3) is 0 Å². The summed E-state index contributed by atoms with van der Waals surface area (Å²) < 4.78 is 2.13. The van der Waals surface area contributed by atoms with Crippen molar-refractivity contribution >= 4 is 22.6 Å². The van der Waals surface area contributed by atoms with Crippen LogP contribution in [-0.2, 0) is 7.05 Å². The van der Waals surface area contributed by atoms with Crippen molar-refractivity contribution in [2.45, 2.75) is 19.8 Å². The van der Waals surface area contributed by atoms with Crippen LogP contribution in [0.15, 0.2) is 73.2 Å². The first-order valence-corrected chi connectivity index (χ1v) is 10.1. The van der Waals surface area contributed by atoms with E-state index >= 15 is 0 Å². The maximum atomic E-state index is 12.6. The largest absolute Gasteiger partial charge is 0.350 e. The second kappa shape index (κ2) is 8.41. The van der Waals surface area contributed by atoms with E-state index in [1.165, 1.54) is 22.0 Å². The standard InChI is InChI=1S/C25H26N4O/c1-17-10-11-20(13-18(17)2)28-25(30)27-15-22(19-7-6-12-26-14-19)23-16-29(3)24-9-5-4-8-21(23)24/h4-14,16,22H,15H2,1-3H3,(H2,27,28,30)/t22-/m1/s1. The lowest BCUT2D eigenvalue weighted by atomic mass is 9.92. The Labute approximate surface area is 176 Å². The Morgan fingerprint density at radius 3 is 2.67 bits per heavy atom. The van der Waals surface area contributed by atoms with E-state index in [4.69, 9.17) is 0 Å². The molecule has 2 heterocycles. The fourth-order valence-electron chi connectivity index (χ4n) is 3.83. The molecule has 152 valence electrons. The van der Waals surface area contributed by atoms with Gasteiger partial charge in [0, 0.05) is 54.7 Å². The molecule has 4 rings (SSSR count). The van der Waals surface area contributed by atoms with Crippen LogP contribution in [0.4, 0.5) is 10.5 Å². The zero-order valence-electron chi connectivity index (χ0n) is 17.5. The number of hydrogen-bond acceptors (Lipinski definition) is 2. The molecule has 2 amide bonds. The highest BCUT2D eigenvalue weighted by Crippen LogP contribution is 2.31. The molecule has 2 N–H and O–H groups in total. The molecule has 1 atom stereocenters. The molecule has 4 aromatic rings. The van der Waals surface area contributed by atoms with Gasteiger partial charge in [-0.15, -0.1) is 0 Å². The van der Waals surface area contributed by atoms with Gasteiger partial charge >= 0.3 is 6.03 Å². The third kappa shape index (κ3) is 4.06. The first kappa shape index (κ1) is 19.7. The van der Waals surface area contributed by atoms with Gasteiger partial charge in [-0.25, -0.2) is 4.79 Å². The summed E-state index contributed by atoms with van der Waals surface area (Å²) >= 11 is 0. The number of carbonyl (C=O) groups is 1. The molecule has 0 fully saturated rings. The SMILES string of the molecule is Cc1ccc(NC(=O)NC[C@H](c2cccnc2)c2cn(C)c3ccccc23)cc1C. The molecule has 0 aliphatic carbocycles. The summed E-state index contributed by atoms with van der Waals surface area (Å²) in [5, 5.41) is 7.17. The predicted molar refractivity (Wildman–Crippen MR) is 122 cm³/mol. The molecule has 2 aromatic carbocycles. The van der Waals surface area contributed by atoms with Crippen molar-refractivity contribution in [1.82, 2.24) is 14.9 Å². The van der Waals surface area contributed by atoms with Crippen molar-refractivity contribution in [2.75, 3.05) is 11.9 Å². The van der Waals surface area contributed by atoms with E-state index in [0.717, 1.165) is 16.8 Å². The average Bonchev–Trinajstić information content (AvgIpc) is 3.08. The van der Waals surface area contributed by atoms with Crippen molar-refractivity contribution in [3.05, 3.63) is 95.4 Å². The van der Waals surface area contributed by atoms with Crippen LogP contribution in [0.1, 0.15) is 28.2 Å². The maximum Gasteiger partial charge on any atom is 0.319 e. The molecule has 30 heavy (non-hydrogen) atoms. The lowest BCUT2D eigenvalue weighted by Crippen LogP contribution is -2.32. The molecule has 0 aliphatic rings. The number of aromatic nitrogens is 2. The molecule has 0 unspecified atom stereocenters. The number of rotatable bonds is 5. The normalized spacial score (nSPS) is 12.0. The summed E-state index contributed by atoms with van der Waals surface area (Å²) in [5.74, 6) is -0.00435. The fraction of sp³-hybridized carbons (Fsp3) is 0.200. The maximum absolute atomic E-state index is 12.6. The Morgan fingerprint density at radius 1 is 1.07 bits per heavy atom. The molecule has 0 saturated carbocycles. The molecule has 0 spiro atoms. The van der Waals surface area contributed by atoms with Crippen LogP contribution in [0.3, 0.4) is 0 Å². The van der Waals surface area contributed by atoms with Gasteiger partial charge in [0.1, 0.15) is 0 Å². The lowest BCUT2D eigenvalue weighted by molar-refractivity contribution is 0.252. The minimum atomic E-state index is -0.215. The number of hydrogen-bond donors (Lipinski definition) is 2. The van der Waals surface area contributed by atoms with Crippen molar-refractivity contribution in [3.8, 4) is 0 Å². The summed E-state index contributed by atoms with van der Waals surface area (Å²) in [4.78, 5) is 16.9. The van der Waals surface area contributed by atoms with Gasteiger partial charge in [0.2, 0.25) is 0 Å². The Hall–Kier alpha value is -3.60. The summed E-state index contributed by atoms with van der Waals surface area (Å²) in [7, 11) is 2.05. The number of nitrogens with one attached hydrogen (secondary N) is 2. The first-order valence-electron chi connectivity index (χ1n) is 10.1. The van der Waals surface area contributed by atoms with E-state index in [1.807, 2.05) is 56.6 Å². The number of nitrogens with zero attached hydrogens (tertiary/aromatic N) is 2. The minimum absolute atomic E-state index is 0.00435. The van der Waals surface area contributed by atoms with Gasteiger partial charge < -0.3 is 15.2 Å². The van der Waals surface area contributed by atoms with Crippen LogP contribution < -0.4 is 10.6 Å². The molecule has 5 nitrogen and oxygen atoms in total. The van der Waals surface area contributed by atoms with Crippen molar-refractivity contribution in [2.24, 2.45) is 7.05 Å². The van der Waals surface area contributed by atoms with Gasteiger partial charge in [-0.3, -0.25) is 4.98 Å². The quantitative estimate of drug-likeness (QED) is 0.489. The number of amides is 2. The molecular formula is C25H26N4O. The van der Waals surface area contributed by atoms with Crippen molar-refractivity contribution < 1.29 is 4.79 Å². The monoisotopic (exact) mass is 398 g/mol. The number of para-hydroxylation sites is 1. The number of fused-ring (bicyclic) bond motifs is 1.